The SMILES string of the molecule is COc1cccc(OC)c1OCC(O)CNC(=O)CN(C)S(=O)(=O)c1cccs1. The molecule has 0 fully saturated rings. The van der Waals surface area contributed by atoms with Gasteiger partial charge in [0.25, 0.3) is 10.0 Å². The quantitative estimate of drug-likeness (QED) is 0.530. The van der Waals surface area contributed by atoms with Gasteiger partial charge < -0.3 is 24.6 Å². The van der Waals surface area contributed by atoms with Gasteiger partial charge >= 0.3 is 0 Å². The summed E-state index contributed by atoms with van der Waals surface area (Å²) in [5.74, 6) is 0.688. The molecule has 0 bridgehead atoms. The molecule has 1 unspecified atom stereocenters. The third kappa shape index (κ3) is 6.07. The molecule has 11 heteroatoms. The van der Waals surface area contributed by atoms with E-state index in [0.717, 1.165) is 15.6 Å². The van der Waals surface area contributed by atoms with E-state index in [4.69, 9.17) is 14.2 Å². The molecule has 1 atom stereocenters. The van der Waals surface area contributed by atoms with Crippen LogP contribution in [0.5, 0.6) is 17.2 Å². The highest BCUT2D eigenvalue weighted by molar-refractivity contribution is 7.91. The van der Waals surface area contributed by atoms with Crippen LogP contribution in [0.4, 0.5) is 0 Å². The molecule has 1 aromatic carbocycles. The highest BCUT2D eigenvalue weighted by Gasteiger charge is 2.24. The number of aliphatic hydroxyl groups excluding tert-OH is 1. The lowest BCUT2D eigenvalue weighted by atomic mass is 10.3. The number of methoxy groups -OCH3 is 2. The number of nitrogens with zero attached hydrogens (tertiary/aromatic N) is 1. The van der Waals surface area contributed by atoms with Crippen molar-refractivity contribution in [2.45, 2.75) is 10.3 Å². The number of hydrogen-bond donors (Lipinski definition) is 2. The van der Waals surface area contributed by atoms with Crippen LogP contribution in [0, 0.1) is 0 Å². The van der Waals surface area contributed by atoms with E-state index in [2.05, 4.69) is 5.32 Å². The molecule has 0 aliphatic carbocycles. The molecule has 0 saturated heterocycles. The van der Waals surface area contributed by atoms with Gasteiger partial charge in [-0.2, -0.15) is 4.31 Å². The van der Waals surface area contributed by atoms with Gasteiger partial charge in [0, 0.05) is 13.6 Å². The maximum atomic E-state index is 12.3. The minimum absolute atomic E-state index is 0.108. The van der Waals surface area contributed by atoms with Crippen LogP contribution in [0.15, 0.2) is 39.9 Å². The summed E-state index contributed by atoms with van der Waals surface area (Å²) in [4.78, 5) is 12.0. The average Bonchev–Trinajstić information content (AvgIpc) is 3.26. The minimum Gasteiger partial charge on any atom is -0.493 e. The molecule has 2 N–H and O–H groups in total. The lowest BCUT2D eigenvalue weighted by Crippen LogP contribution is -2.42. The molecule has 1 heterocycles. The Balaban J connectivity index is 1.84. The second-order valence-corrected chi connectivity index (χ2v) is 9.17. The van der Waals surface area contributed by atoms with Crippen molar-refractivity contribution in [3.8, 4) is 17.2 Å². The Hall–Kier alpha value is -2.34. The minimum atomic E-state index is -3.71. The zero-order valence-electron chi connectivity index (χ0n) is 16.3. The number of aliphatic hydroxyl groups is 1. The van der Waals surface area contributed by atoms with Crippen molar-refractivity contribution in [2.75, 3.05) is 41.0 Å². The molecule has 2 aromatic rings. The van der Waals surface area contributed by atoms with Gasteiger partial charge in [-0.25, -0.2) is 8.42 Å². The molecule has 2 rings (SSSR count). The number of amides is 1. The third-order valence-corrected chi connectivity index (χ3v) is 7.04. The lowest BCUT2D eigenvalue weighted by molar-refractivity contribution is -0.121. The summed E-state index contributed by atoms with van der Waals surface area (Å²) in [6, 6.07) is 8.22. The first-order valence-corrected chi connectivity index (χ1v) is 10.9. The van der Waals surface area contributed by atoms with E-state index in [1.54, 1.807) is 29.6 Å². The van der Waals surface area contributed by atoms with E-state index < -0.39 is 22.0 Å². The number of thiophene rings is 1. The van der Waals surface area contributed by atoms with E-state index in [9.17, 15) is 18.3 Å². The van der Waals surface area contributed by atoms with Crippen molar-refractivity contribution in [1.82, 2.24) is 9.62 Å². The predicted octanol–water partition coefficient (Wildman–Crippen LogP) is 0.942. The summed E-state index contributed by atoms with van der Waals surface area (Å²) in [6.45, 7) is -0.600. The van der Waals surface area contributed by atoms with Gasteiger partial charge in [-0.05, 0) is 23.6 Å². The number of carbonyl (C=O) groups is 1. The second kappa shape index (κ2) is 10.4. The predicted molar refractivity (Wildman–Crippen MR) is 108 cm³/mol. The van der Waals surface area contributed by atoms with Crippen LogP contribution < -0.4 is 19.5 Å². The van der Waals surface area contributed by atoms with Crippen LogP contribution in [0.25, 0.3) is 0 Å². The summed E-state index contributed by atoms with van der Waals surface area (Å²) in [5, 5.41) is 14.2. The van der Waals surface area contributed by atoms with Gasteiger partial charge in [-0.15, -0.1) is 11.3 Å². The molecule has 160 valence electrons. The number of rotatable bonds is 11. The Bertz CT molecular complexity index is 879. The highest BCUT2D eigenvalue weighted by atomic mass is 32.2. The Kier molecular flexibility index (Phi) is 8.26. The van der Waals surface area contributed by atoms with Crippen molar-refractivity contribution in [3.05, 3.63) is 35.7 Å². The lowest BCUT2D eigenvalue weighted by Gasteiger charge is -2.18. The summed E-state index contributed by atoms with van der Waals surface area (Å²) >= 11 is 1.08. The molecule has 9 nitrogen and oxygen atoms in total. The van der Waals surface area contributed by atoms with Crippen LogP contribution in [-0.2, 0) is 14.8 Å². The molecule has 0 radical (unpaired) electrons. The van der Waals surface area contributed by atoms with Gasteiger partial charge in [0.1, 0.15) is 16.9 Å². The molecule has 0 saturated carbocycles. The standard InChI is InChI=1S/C18H24N2O7S2/c1-20(29(23,24)17-8-5-9-28-17)11-16(22)19-10-13(21)12-27-18-14(25-2)6-4-7-15(18)26-3/h4-9,13,21H,10-12H2,1-3H3,(H,19,22). The fourth-order valence-electron chi connectivity index (χ4n) is 2.34. The molecular weight excluding hydrogens is 420 g/mol. The zero-order chi connectivity index (χ0) is 21.4. The molecule has 1 aromatic heterocycles. The first-order chi connectivity index (χ1) is 13.8. The number of benzene rings is 1. The normalized spacial score (nSPS) is 12.4. The molecule has 29 heavy (non-hydrogen) atoms. The first-order valence-electron chi connectivity index (χ1n) is 8.58. The number of carbonyl (C=O) groups excluding carboxylic acids is 1. The van der Waals surface area contributed by atoms with Gasteiger partial charge in [0.15, 0.2) is 11.5 Å². The number of nitrogens with one attached hydrogen (secondary N) is 1. The van der Waals surface area contributed by atoms with Crippen molar-refractivity contribution >= 4 is 27.3 Å². The van der Waals surface area contributed by atoms with Crippen LogP contribution in [-0.4, -0.2) is 70.8 Å². The summed E-state index contributed by atoms with van der Waals surface area (Å²) in [7, 11) is 0.577. The van der Waals surface area contributed by atoms with Crippen LogP contribution in [0.1, 0.15) is 0 Å². The molecule has 0 spiro atoms. The van der Waals surface area contributed by atoms with Gasteiger partial charge in [-0.3, -0.25) is 4.79 Å². The summed E-state index contributed by atoms with van der Waals surface area (Å²) < 4.78 is 41.7. The van der Waals surface area contributed by atoms with Crippen molar-refractivity contribution < 1.29 is 32.5 Å². The number of sulfonamides is 1. The fraction of sp³-hybridized carbons (Fsp3) is 0.389. The largest absolute Gasteiger partial charge is 0.493 e. The van der Waals surface area contributed by atoms with E-state index in [0.29, 0.717) is 17.2 Å². The molecule has 0 aliphatic rings. The van der Waals surface area contributed by atoms with Crippen LogP contribution >= 0.6 is 11.3 Å². The number of ether oxygens (including phenoxy) is 3. The van der Waals surface area contributed by atoms with Gasteiger partial charge in [-0.1, -0.05) is 12.1 Å². The second-order valence-electron chi connectivity index (χ2n) is 5.95. The van der Waals surface area contributed by atoms with Crippen molar-refractivity contribution in [2.24, 2.45) is 0 Å². The van der Waals surface area contributed by atoms with Gasteiger partial charge in [0.2, 0.25) is 11.7 Å². The van der Waals surface area contributed by atoms with Crippen molar-refractivity contribution in [1.29, 1.82) is 0 Å². The zero-order valence-corrected chi connectivity index (χ0v) is 18.0. The van der Waals surface area contributed by atoms with Crippen LogP contribution in [0.3, 0.4) is 0 Å². The summed E-state index contributed by atoms with van der Waals surface area (Å²) in [5.41, 5.74) is 0. The van der Waals surface area contributed by atoms with Crippen molar-refractivity contribution in [3.63, 3.8) is 0 Å². The van der Waals surface area contributed by atoms with Crippen LogP contribution in [0.2, 0.25) is 0 Å². The molecule has 1 amide bonds. The smallest absolute Gasteiger partial charge is 0.252 e. The van der Waals surface area contributed by atoms with E-state index >= 15 is 0 Å². The van der Waals surface area contributed by atoms with E-state index in [1.807, 2.05) is 0 Å². The third-order valence-electron chi connectivity index (χ3n) is 3.86. The topological polar surface area (TPSA) is 114 Å². The average molecular weight is 445 g/mol. The van der Waals surface area contributed by atoms with E-state index in [1.165, 1.54) is 27.3 Å². The molecule has 0 aliphatic heterocycles. The maximum Gasteiger partial charge on any atom is 0.252 e. The summed E-state index contributed by atoms with van der Waals surface area (Å²) in [6.07, 6.45) is -1.02. The number of hydrogen-bond acceptors (Lipinski definition) is 8. The maximum absolute atomic E-state index is 12.3. The Morgan fingerprint density at radius 3 is 2.41 bits per heavy atom. The first kappa shape index (κ1) is 22.9. The highest BCUT2D eigenvalue weighted by Crippen LogP contribution is 2.36. The molecular formula is C18H24N2O7S2. The fourth-order valence-corrected chi connectivity index (χ4v) is 4.66. The van der Waals surface area contributed by atoms with Gasteiger partial charge in [0.05, 0.1) is 20.8 Å². The van der Waals surface area contributed by atoms with E-state index in [-0.39, 0.29) is 23.9 Å². The number of para-hydroxylation sites is 1. The Morgan fingerprint density at radius 1 is 1.21 bits per heavy atom. The monoisotopic (exact) mass is 444 g/mol. The number of likely N-dealkylation sites (N-methyl/N-ethyl adjacent to an activating group) is 1. The Labute approximate surface area is 173 Å². The Morgan fingerprint density at radius 2 is 1.86 bits per heavy atom.